The van der Waals surface area contributed by atoms with Gasteiger partial charge in [0, 0.05) is 12.5 Å². The third-order valence-electron chi connectivity index (χ3n) is 2.49. The first-order valence-corrected chi connectivity index (χ1v) is 5.85. The van der Waals surface area contributed by atoms with Gasteiger partial charge < -0.3 is 5.32 Å². The molecule has 1 N–H and O–H groups in total. The highest BCUT2D eigenvalue weighted by molar-refractivity contribution is 4.96. The summed E-state index contributed by atoms with van der Waals surface area (Å²) >= 11 is 0. The molecule has 0 amide bonds. The molecule has 0 radical (unpaired) electrons. The fourth-order valence-electron chi connectivity index (χ4n) is 1.46. The monoisotopic (exact) mass is 237 g/mol. The number of alkyl halides is 3. The Morgan fingerprint density at radius 3 is 2.38 bits per heavy atom. The van der Waals surface area contributed by atoms with Crippen LogP contribution in [0.5, 0.6) is 0 Å². The third-order valence-corrected chi connectivity index (χ3v) is 2.49. The van der Waals surface area contributed by atoms with Crippen molar-refractivity contribution in [3.63, 3.8) is 0 Å². The van der Waals surface area contributed by atoms with E-state index < -0.39 is 12.6 Å². The lowest BCUT2D eigenvalue weighted by molar-refractivity contribution is -0.136. The molecule has 0 fully saturated rings. The van der Waals surface area contributed by atoms with E-state index in [1.54, 1.807) is 0 Å². The van der Waals surface area contributed by atoms with Gasteiger partial charge in [0.2, 0.25) is 0 Å². The zero-order chi connectivity index (χ0) is 12.6. The molecule has 0 aromatic heterocycles. The van der Waals surface area contributed by atoms with E-state index in [0.717, 1.165) is 25.0 Å². The van der Waals surface area contributed by atoms with E-state index in [0.29, 0.717) is 6.42 Å². The van der Waals surface area contributed by atoms with Gasteiger partial charge >= 0.3 is 6.18 Å². The quantitative estimate of drug-likeness (QED) is 0.628. The lowest BCUT2D eigenvalue weighted by atomic mass is 10.0. The van der Waals surface area contributed by atoms with Gasteiger partial charge in [-0.2, -0.15) is 13.2 Å². The van der Waals surface area contributed by atoms with E-state index in [2.05, 4.69) is 11.9 Å². The molecule has 16 heavy (non-hydrogen) atoms. The molecule has 0 aromatic rings. The van der Waals surface area contributed by atoms with Crippen molar-refractivity contribution in [1.29, 1.82) is 0 Å². The van der Waals surface area contributed by atoms with Crippen LogP contribution in [0.25, 0.3) is 0 Å². The maximum atomic E-state index is 12.1. The first-order valence-electron chi connectivity index (χ1n) is 5.85. The smallest absolute Gasteiger partial charge is 0.314 e. The summed E-state index contributed by atoms with van der Waals surface area (Å²) in [7, 11) is 0. The zero-order valence-corrected chi connectivity index (χ0v) is 10.2. The number of halogens is 3. The summed E-state index contributed by atoms with van der Waals surface area (Å²) in [5.74, 6) is 0. The van der Waals surface area contributed by atoms with Crippen molar-refractivity contribution in [2.45, 2.75) is 58.2 Å². The molecule has 0 saturated heterocycles. The summed E-state index contributed by atoms with van der Waals surface area (Å²) in [6, 6.07) is -0.0889. The van der Waals surface area contributed by atoms with Gasteiger partial charge in [-0.1, -0.05) is 26.0 Å². The van der Waals surface area contributed by atoms with Gasteiger partial charge in [0.1, 0.15) is 0 Å². The van der Waals surface area contributed by atoms with Crippen molar-refractivity contribution in [3.05, 3.63) is 12.2 Å². The molecule has 0 bridgehead atoms. The van der Waals surface area contributed by atoms with Crippen LogP contribution in [0, 0.1) is 0 Å². The van der Waals surface area contributed by atoms with Gasteiger partial charge in [-0.25, -0.2) is 0 Å². The molecular formula is C12H22F3N. The Labute approximate surface area is 96.1 Å². The van der Waals surface area contributed by atoms with Gasteiger partial charge in [-0.15, -0.1) is 0 Å². The molecule has 0 aliphatic carbocycles. The maximum Gasteiger partial charge on any atom is 0.389 e. The second-order valence-electron chi connectivity index (χ2n) is 4.11. The van der Waals surface area contributed by atoms with Crippen molar-refractivity contribution < 1.29 is 13.2 Å². The van der Waals surface area contributed by atoms with Crippen molar-refractivity contribution in [2.75, 3.05) is 6.54 Å². The molecule has 0 heterocycles. The predicted molar refractivity (Wildman–Crippen MR) is 61.4 cm³/mol. The molecule has 4 heteroatoms. The Hall–Kier alpha value is -0.510. The number of hydrogen-bond acceptors (Lipinski definition) is 1. The van der Waals surface area contributed by atoms with E-state index in [9.17, 15) is 13.2 Å². The Balaban J connectivity index is 4.04. The molecule has 0 aliphatic rings. The van der Waals surface area contributed by atoms with E-state index in [1.807, 2.05) is 13.8 Å². The predicted octanol–water partition coefficient (Wildman–Crippen LogP) is 4.05. The second-order valence-corrected chi connectivity index (χ2v) is 4.11. The van der Waals surface area contributed by atoms with Crippen LogP contribution in [0.15, 0.2) is 12.2 Å². The van der Waals surface area contributed by atoms with Crippen LogP contribution in [0.2, 0.25) is 0 Å². The number of hydrogen-bond donors (Lipinski definition) is 1. The fourth-order valence-corrected chi connectivity index (χ4v) is 1.46. The summed E-state index contributed by atoms with van der Waals surface area (Å²) in [4.78, 5) is 0. The topological polar surface area (TPSA) is 12.0 Å². The highest BCUT2D eigenvalue weighted by Gasteiger charge is 2.28. The van der Waals surface area contributed by atoms with Crippen LogP contribution in [0.1, 0.15) is 46.0 Å². The van der Waals surface area contributed by atoms with E-state index in [-0.39, 0.29) is 12.5 Å². The molecule has 96 valence electrons. The Kier molecular flexibility index (Phi) is 7.47. The molecule has 0 aliphatic heterocycles. The van der Waals surface area contributed by atoms with Crippen molar-refractivity contribution in [1.82, 2.24) is 5.32 Å². The molecule has 1 atom stereocenters. The van der Waals surface area contributed by atoms with Gasteiger partial charge in [0.25, 0.3) is 0 Å². The summed E-state index contributed by atoms with van der Waals surface area (Å²) < 4.78 is 36.3. The molecule has 1 unspecified atom stereocenters. The van der Waals surface area contributed by atoms with Crippen LogP contribution < -0.4 is 5.32 Å². The second kappa shape index (κ2) is 7.71. The third kappa shape index (κ3) is 8.77. The minimum absolute atomic E-state index is 0.0889. The Bertz CT molecular complexity index is 199. The molecule has 0 saturated carbocycles. The van der Waals surface area contributed by atoms with E-state index in [4.69, 9.17) is 0 Å². The van der Waals surface area contributed by atoms with Crippen LogP contribution in [-0.4, -0.2) is 18.8 Å². The number of nitrogens with one attached hydrogen (secondary N) is 1. The van der Waals surface area contributed by atoms with Crippen LogP contribution in [0.3, 0.4) is 0 Å². The summed E-state index contributed by atoms with van der Waals surface area (Å²) in [6.07, 6.45) is -2.22. The largest absolute Gasteiger partial charge is 0.389 e. The Morgan fingerprint density at radius 2 is 1.94 bits per heavy atom. The SMILES string of the molecule is C=C(CC)CC(CCC(F)(F)F)NCCC. The van der Waals surface area contributed by atoms with Crippen molar-refractivity contribution >= 4 is 0 Å². The first-order chi connectivity index (χ1) is 7.39. The molecule has 0 spiro atoms. The standard InChI is InChI=1S/C12H22F3N/c1-4-8-16-11(9-10(3)5-2)6-7-12(13,14)15/h11,16H,3-9H2,1-2H3. The highest BCUT2D eigenvalue weighted by Crippen LogP contribution is 2.24. The zero-order valence-electron chi connectivity index (χ0n) is 10.2. The summed E-state index contributed by atoms with van der Waals surface area (Å²) in [6.45, 7) is 8.59. The molecule has 1 nitrogen and oxygen atoms in total. The molecule has 0 aromatic carbocycles. The van der Waals surface area contributed by atoms with E-state index >= 15 is 0 Å². The Morgan fingerprint density at radius 1 is 1.31 bits per heavy atom. The van der Waals surface area contributed by atoms with Gasteiger partial charge in [0.05, 0.1) is 0 Å². The maximum absolute atomic E-state index is 12.1. The van der Waals surface area contributed by atoms with Crippen LogP contribution >= 0.6 is 0 Å². The molecule has 0 rings (SSSR count). The average molecular weight is 237 g/mol. The minimum atomic E-state index is -4.06. The minimum Gasteiger partial charge on any atom is -0.314 e. The lowest BCUT2D eigenvalue weighted by Gasteiger charge is -2.20. The average Bonchev–Trinajstić information content (AvgIpc) is 2.20. The summed E-state index contributed by atoms with van der Waals surface area (Å²) in [5, 5.41) is 3.15. The first kappa shape index (κ1) is 15.5. The fraction of sp³-hybridized carbons (Fsp3) is 0.833. The number of rotatable bonds is 8. The van der Waals surface area contributed by atoms with Gasteiger partial charge in [-0.05, 0) is 32.2 Å². The highest BCUT2D eigenvalue weighted by atomic mass is 19.4. The van der Waals surface area contributed by atoms with Crippen molar-refractivity contribution in [2.24, 2.45) is 0 Å². The van der Waals surface area contributed by atoms with Crippen molar-refractivity contribution in [3.8, 4) is 0 Å². The van der Waals surface area contributed by atoms with Crippen LogP contribution in [0.4, 0.5) is 13.2 Å². The molecular weight excluding hydrogens is 215 g/mol. The van der Waals surface area contributed by atoms with Gasteiger partial charge in [-0.3, -0.25) is 0 Å². The lowest BCUT2D eigenvalue weighted by Crippen LogP contribution is -2.31. The van der Waals surface area contributed by atoms with Crippen LogP contribution in [-0.2, 0) is 0 Å². The van der Waals surface area contributed by atoms with E-state index in [1.165, 1.54) is 0 Å². The summed E-state index contributed by atoms with van der Waals surface area (Å²) in [5.41, 5.74) is 1.01. The van der Waals surface area contributed by atoms with Gasteiger partial charge in [0.15, 0.2) is 0 Å². The normalized spacial score (nSPS) is 13.8.